The molecule has 1 saturated carbocycles. The van der Waals surface area contributed by atoms with Gasteiger partial charge in [0, 0.05) is 5.92 Å². The molecule has 0 radical (unpaired) electrons. The molecule has 1 heterocycles. The first-order valence-electron chi connectivity index (χ1n) is 5.26. The normalized spacial score (nSPS) is 44.2. The smallest absolute Gasteiger partial charge is 0.303 e. The zero-order valence-electron chi connectivity index (χ0n) is 9.04. The molecule has 1 aliphatic heterocycles. The second-order valence-corrected chi connectivity index (χ2v) is 5.47. The van der Waals surface area contributed by atoms with Crippen LogP contribution in [0.25, 0.3) is 0 Å². The Kier molecular flexibility index (Phi) is 1.94. The molecule has 0 aromatic rings. The summed E-state index contributed by atoms with van der Waals surface area (Å²) in [5.74, 6) is -0.549. The van der Waals surface area contributed by atoms with Gasteiger partial charge < -0.3 is 9.84 Å². The van der Waals surface area contributed by atoms with Crippen molar-refractivity contribution in [3.05, 3.63) is 0 Å². The highest BCUT2D eigenvalue weighted by molar-refractivity contribution is 5.67. The third-order valence-electron chi connectivity index (χ3n) is 4.04. The standard InChI is InChI=1S/C11H18O3/c1-10(2)5-4-8-11(3,14-8)7(10)6-9(12)13/h7-8H,4-6H2,1-3H3,(H,12,13). The van der Waals surface area contributed by atoms with E-state index in [1.165, 1.54) is 0 Å². The molecule has 0 spiro atoms. The summed E-state index contributed by atoms with van der Waals surface area (Å²) in [6.45, 7) is 6.37. The molecule has 14 heavy (non-hydrogen) atoms. The van der Waals surface area contributed by atoms with Crippen LogP contribution >= 0.6 is 0 Å². The van der Waals surface area contributed by atoms with E-state index < -0.39 is 5.97 Å². The van der Waals surface area contributed by atoms with E-state index in [2.05, 4.69) is 20.8 Å². The number of carboxylic acid groups (broad SMARTS) is 1. The fourth-order valence-electron chi connectivity index (χ4n) is 3.03. The van der Waals surface area contributed by atoms with Gasteiger partial charge in [0.2, 0.25) is 0 Å². The van der Waals surface area contributed by atoms with Crippen LogP contribution in [0.15, 0.2) is 0 Å². The van der Waals surface area contributed by atoms with Crippen molar-refractivity contribution in [3.63, 3.8) is 0 Å². The van der Waals surface area contributed by atoms with E-state index in [1.807, 2.05) is 0 Å². The zero-order valence-corrected chi connectivity index (χ0v) is 9.04. The third kappa shape index (κ3) is 1.34. The quantitative estimate of drug-likeness (QED) is 0.691. The van der Waals surface area contributed by atoms with Gasteiger partial charge in [0.1, 0.15) is 0 Å². The van der Waals surface area contributed by atoms with Gasteiger partial charge in [-0.1, -0.05) is 13.8 Å². The summed E-state index contributed by atoms with van der Waals surface area (Å²) in [4.78, 5) is 10.8. The number of rotatable bonds is 2. The molecule has 0 amide bonds. The first kappa shape index (κ1) is 9.97. The Bertz CT molecular complexity index is 267. The maximum Gasteiger partial charge on any atom is 0.303 e. The van der Waals surface area contributed by atoms with Gasteiger partial charge >= 0.3 is 5.97 Å². The Hall–Kier alpha value is -0.570. The molecule has 3 atom stereocenters. The van der Waals surface area contributed by atoms with E-state index in [1.54, 1.807) is 0 Å². The minimum atomic E-state index is -0.708. The van der Waals surface area contributed by atoms with Crippen LogP contribution in [0.1, 0.15) is 40.0 Å². The van der Waals surface area contributed by atoms with Crippen molar-refractivity contribution in [1.82, 2.24) is 0 Å². The fourth-order valence-corrected chi connectivity index (χ4v) is 3.03. The van der Waals surface area contributed by atoms with Crippen molar-refractivity contribution in [3.8, 4) is 0 Å². The summed E-state index contributed by atoms with van der Waals surface area (Å²) in [5.41, 5.74) is -0.0553. The zero-order chi connectivity index (χ0) is 10.6. The van der Waals surface area contributed by atoms with Crippen molar-refractivity contribution < 1.29 is 14.6 Å². The maximum absolute atomic E-state index is 10.8. The highest BCUT2D eigenvalue weighted by Crippen LogP contribution is 2.58. The molecular formula is C11H18O3. The largest absolute Gasteiger partial charge is 0.481 e. The lowest BCUT2D eigenvalue weighted by Gasteiger charge is -2.39. The summed E-state index contributed by atoms with van der Waals surface area (Å²) < 4.78 is 5.65. The van der Waals surface area contributed by atoms with Crippen LogP contribution < -0.4 is 0 Å². The Morgan fingerprint density at radius 1 is 1.50 bits per heavy atom. The SMILES string of the molecule is CC1(C)CCC2OC2(C)C1CC(=O)O. The highest BCUT2D eigenvalue weighted by atomic mass is 16.6. The molecule has 1 aliphatic carbocycles. The van der Waals surface area contributed by atoms with Crippen LogP contribution in [0.4, 0.5) is 0 Å². The monoisotopic (exact) mass is 198 g/mol. The van der Waals surface area contributed by atoms with Crippen molar-refractivity contribution >= 4 is 5.97 Å². The van der Waals surface area contributed by atoms with Gasteiger partial charge in [-0.2, -0.15) is 0 Å². The number of carboxylic acids is 1. The summed E-state index contributed by atoms with van der Waals surface area (Å²) in [6, 6.07) is 0. The van der Waals surface area contributed by atoms with Crippen molar-refractivity contribution in [2.24, 2.45) is 11.3 Å². The van der Waals surface area contributed by atoms with Crippen molar-refractivity contribution in [2.75, 3.05) is 0 Å². The lowest BCUT2D eigenvalue weighted by atomic mass is 9.63. The molecule has 0 bridgehead atoms. The van der Waals surface area contributed by atoms with Crippen LogP contribution in [0.3, 0.4) is 0 Å². The molecule has 3 nitrogen and oxygen atoms in total. The molecule has 1 saturated heterocycles. The molecule has 2 fully saturated rings. The molecule has 0 aromatic carbocycles. The molecule has 3 unspecified atom stereocenters. The maximum atomic E-state index is 10.8. The third-order valence-corrected chi connectivity index (χ3v) is 4.04. The number of epoxide rings is 1. The number of fused-ring (bicyclic) bond motifs is 1. The van der Waals surface area contributed by atoms with Crippen molar-refractivity contribution in [2.45, 2.75) is 51.7 Å². The highest BCUT2D eigenvalue weighted by Gasteiger charge is 2.64. The number of hydrogen-bond acceptors (Lipinski definition) is 2. The molecule has 2 aliphatic rings. The fraction of sp³-hybridized carbons (Fsp3) is 0.909. The molecule has 80 valence electrons. The topological polar surface area (TPSA) is 49.8 Å². The number of carbonyl (C=O) groups is 1. The van der Waals surface area contributed by atoms with E-state index in [0.717, 1.165) is 12.8 Å². The number of hydrogen-bond donors (Lipinski definition) is 1. The minimum Gasteiger partial charge on any atom is -0.481 e. The molecule has 1 N–H and O–H groups in total. The van der Waals surface area contributed by atoms with E-state index in [4.69, 9.17) is 9.84 Å². The van der Waals surface area contributed by atoms with Gasteiger partial charge in [-0.15, -0.1) is 0 Å². The Labute approximate surface area is 84.4 Å². The van der Waals surface area contributed by atoms with E-state index >= 15 is 0 Å². The Morgan fingerprint density at radius 3 is 2.71 bits per heavy atom. The second kappa shape index (κ2) is 2.72. The van der Waals surface area contributed by atoms with Crippen LogP contribution in [-0.2, 0) is 9.53 Å². The Morgan fingerprint density at radius 2 is 2.14 bits per heavy atom. The Balaban J connectivity index is 2.19. The first-order valence-corrected chi connectivity index (χ1v) is 5.26. The summed E-state index contributed by atoms with van der Waals surface area (Å²) in [6.07, 6.45) is 2.71. The molecule has 0 aromatic heterocycles. The van der Waals surface area contributed by atoms with E-state index in [-0.39, 0.29) is 23.4 Å². The van der Waals surface area contributed by atoms with Gasteiger partial charge in [-0.3, -0.25) is 4.79 Å². The summed E-state index contributed by atoms with van der Waals surface area (Å²) in [5, 5.41) is 8.89. The minimum absolute atomic E-state index is 0.0974. The van der Waals surface area contributed by atoms with Crippen LogP contribution in [0.5, 0.6) is 0 Å². The molecule has 2 rings (SSSR count). The average Bonchev–Trinajstić information content (AvgIpc) is 2.69. The van der Waals surface area contributed by atoms with Gasteiger partial charge in [0.25, 0.3) is 0 Å². The van der Waals surface area contributed by atoms with Crippen LogP contribution in [0, 0.1) is 11.3 Å². The van der Waals surface area contributed by atoms with Crippen LogP contribution in [0.2, 0.25) is 0 Å². The summed E-state index contributed by atoms with van der Waals surface area (Å²) in [7, 11) is 0. The molecular weight excluding hydrogens is 180 g/mol. The van der Waals surface area contributed by atoms with E-state index in [9.17, 15) is 4.79 Å². The van der Waals surface area contributed by atoms with Gasteiger partial charge in [0.05, 0.1) is 18.1 Å². The summed E-state index contributed by atoms with van der Waals surface area (Å²) >= 11 is 0. The van der Waals surface area contributed by atoms with Crippen LogP contribution in [-0.4, -0.2) is 22.8 Å². The van der Waals surface area contributed by atoms with Gasteiger partial charge in [-0.05, 0) is 25.2 Å². The number of ether oxygens (including phenoxy) is 1. The van der Waals surface area contributed by atoms with Crippen molar-refractivity contribution in [1.29, 1.82) is 0 Å². The lowest BCUT2D eigenvalue weighted by Crippen LogP contribution is -2.41. The van der Waals surface area contributed by atoms with Gasteiger partial charge in [-0.25, -0.2) is 0 Å². The number of aliphatic carboxylic acids is 1. The second-order valence-electron chi connectivity index (χ2n) is 5.47. The lowest BCUT2D eigenvalue weighted by molar-refractivity contribution is -0.140. The van der Waals surface area contributed by atoms with E-state index in [0.29, 0.717) is 6.10 Å². The molecule has 3 heteroatoms. The average molecular weight is 198 g/mol. The predicted octanol–water partition coefficient (Wildman–Crippen LogP) is 2.05. The first-order chi connectivity index (χ1) is 6.36. The predicted molar refractivity (Wildman–Crippen MR) is 52.0 cm³/mol. The van der Waals surface area contributed by atoms with Gasteiger partial charge in [0.15, 0.2) is 0 Å².